The third-order valence-corrected chi connectivity index (χ3v) is 4.14. The fourth-order valence-electron chi connectivity index (χ4n) is 3.44. The zero-order chi connectivity index (χ0) is 9.10. The van der Waals surface area contributed by atoms with Crippen molar-refractivity contribution in [3.05, 3.63) is 0 Å². The van der Waals surface area contributed by atoms with E-state index in [1.807, 2.05) is 0 Å². The summed E-state index contributed by atoms with van der Waals surface area (Å²) < 4.78 is 0. The SMILES string of the molecule is CNCC1CCC2CCCCC2C1. The average molecular weight is 181 g/mol. The fourth-order valence-corrected chi connectivity index (χ4v) is 3.44. The van der Waals surface area contributed by atoms with E-state index in [0.29, 0.717) is 0 Å². The lowest BCUT2D eigenvalue weighted by Crippen LogP contribution is -2.31. The molecule has 2 aliphatic rings. The Kier molecular flexibility index (Phi) is 3.26. The normalized spacial score (nSPS) is 39.9. The molecule has 0 radical (unpaired) electrons. The van der Waals surface area contributed by atoms with E-state index < -0.39 is 0 Å². The quantitative estimate of drug-likeness (QED) is 0.690. The van der Waals surface area contributed by atoms with Crippen LogP contribution in [0.1, 0.15) is 44.9 Å². The Balaban J connectivity index is 1.84. The summed E-state index contributed by atoms with van der Waals surface area (Å²) in [6, 6.07) is 0. The van der Waals surface area contributed by atoms with Crippen molar-refractivity contribution in [1.29, 1.82) is 0 Å². The largest absolute Gasteiger partial charge is 0.319 e. The summed E-state index contributed by atoms with van der Waals surface area (Å²) in [5.41, 5.74) is 0. The van der Waals surface area contributed by atoms with Gasteiger partial charge in [-0.15, -0.1) is 0 Å². The molecule has 2 rings (SSSR count). The highest BCUT2D eigenvalue weighted by Crippen LogP contribution is 2.42. The van der Waals surface area contributed by atoms with E-state index in [9.17, 15) is 0 Å². The van der Waals surface area contributed by atoms with Crippen molar-refractivity contribution in [3.8, 4) is 0 Å². The minimum Gasteiger partial charge on any atom is -0.319 e. The van der Waals surface area contributed by atoms with Crippen molar-refractivity contribution >= 4 is 0 Å². The van der Waals surface area contributed by atoms with Gasteiger partial charge in [0.15, 0.2) is 0 Å². The van der Waals surface area contributed by atoms with Gasteiger partial charge >= 0.3 is 0 Å². The first-order valence-electron chi connectivity index (χ1n) is 6.04. The van der Waals surface area contributed by atoms with Crippen molar-refractivity contribution in [1.82, 2.24) is 5.32 Å². The van der Waals surface area contributed by atoms with Gasteiger partial charge in [0.2, 0.25) is 0 Å². The van der Waals surface area contributed by atoms with Gasteiger partial charge in [0.1, 0.15) is 0 Å². The van der Waals surface area contributed by atoms with Gasteiger partial charge in [0.05, 0.1) is 0 Å². The molecule has 3 atom stereocenters. The van der Waals surface area contributed by atoms with E-state index in [1.54, 1.807) is 0 Å². The van der Waals surface area contributed by atoms with E-state index in [-0.39, 0.29) is 0 Å². The molecule has 0 aromatic carbocycles. The highest BCUT2D eigenvalue weighted by molar-refractivity contribution is 4.83. The molecule has 0 aromatic rings. The lowest BCUT2D eigenvalue weighted by atomic mass is 9.67. The standard InChI is InChI=1S/C12H23N/c1-13-9-10-6-7-11-4-2-3-5-12(11)8-10/h10-13H,2-9H2,1H3. The van der Waals surface area contributed by atoms with Crippen LogP contribution in [0, 0.1) is 17.8 Å². The van der Waals surface area contributed by atoms with Crippen molar-refractivity contribution in [3.63, 3.8) is 0 Å². The third kappa shape index (κ3) is 2.25. The van der Waals surface area contributed by atoms with E-state index in [0.717, 1.165) is 17.8 Å². The molecule has 0 heterocycles. The van der Waals surface area contributed by atoms with Crippen LogP contribution in [-0.2, 0) is 0 Å². The summed E-state index contributed by atoms with van der Waals surface area (Å²) in [4.78, 5) is 0. The Bertz CT molecular complexity index is 155. The highest BCUT2D eigenvalue weighted by atomic mass is 14.8. The van der Waals surface area contributed by atoms with Gasteiger partial charge in [-0.1, -0.05) is 25.7 Å². The van der Waals surface area contributed by atoms with E-state index in [2.05, 4.69) is 12.4 Å². The van der Waals surface area contributed by atoms with Gasteiger partial charge in [-0.05, 0) is 50.6 Å². The van der Waals surface area contributed by atoms with Crippen molar-refractivity contribution in [2.45, 2.75) is 44.9 Å². The number of fused-ring (bicyclic) bond motifs is 1. The number of rotatable bonds is 2. The van der Waals surface area contributed by atoms with Gasteiger partial charge in [-0.2, -0.15) is 0 Å². The molecular weight excluding hydrogens is 158 g/mol. The first-order chi connectivity index (χ1) is 6.40. The Morgan fingerprint density at radius 1 is 1.00 bits per heavy atom. The second kappa shape index (κ2) is 4.45. The van der Waals surface area contributed by atoms with E-state index >= 15 is 0 Å². The summed E-state index contributed by atoms with van der Waals surface area (Å²) in [7, 11) is 2.09. The zero-order valence-corrected chi connectivity index (χ0v) is 8.89. The van der Waals surface area contributed by atoms with Crippen LogP contribution in [0.4, 0.5) is 0 Å². The topological polar surface area (TPSA) is 12.0 Å². The predicted molar refractivity (Wildman–Crippen MR) is 56.7 cm³/mol. The van der Waals surface area contributed by atoms with Crippen LogP contribution < -0.4 is 5.32 Å². The van der Waals surface area contributed by atoms with Crippen LogP contribution in [-0.4, -0.2) is 13.6 Å². The lowest BCUT2D eigenvalue weighted by Gasteiger charge is -2.39. The van der Waals surface area contributed by atoms with Crippen molar-refractivity contribution in [2.24, 2.45) is 17.8 Å². The molecular formula is C12H23N. The lowest BCUT2D eigenvalue weighted by molar-refractivity contribution is 0.130. The average Bonchev–Trinajstić information content (AvgIpc) is 2.18. The molecule has 2 fully saturated rings. The maximum Gasteiger partial charge on any atom is -0.00234 e. The zero-order valence-electron chi connectivity index (χ0n) is 8.89. The van der Waals surface area contributed by atoms with E-state index in [4.69, 9.17) is 0 Å². The second-order valence-corrected chi connectivity index (χ2v) is 5.04. The Labute approximate surface area is 82.3 Å². The molecule has 13 heavy (non-hydrogen) atoms. The number of nitrogens with one attached hydrogen (secondary N) is 1. The molecule has 1 nitrogen and oxygen atoms in total. The van der Waals surface area contributed by atoms with Gasteiger partial charge in [-0.25, -0.2) is 0 Å². The van der Waals surface area contributed by atoms with Gasteiger partial charge in [0, 0.05) is 0 Å². The van der Waals surface area contributed by atoms with Gasteiger partial charge in [-0.3, -0.25) is 0 Å². The summed E-state index contributed by atoms with van der Waals surface area (Å²) in [6.45, 7) is 1.25. The fraction of sp³-hybridized carbons (Fsp3) is 1.00. The van der Waals surface area contributed by atoms with Crippen LogP contribution in [0.15, 0.2) is 0 Å². The van der Waals surface area contributed by atoms with E-state index in [1.165, 1.54) is 51.5 Å². The Morgan fingerprint density at radius 2 is 1.77 bits per heavy atom. The van der Waals surface area contributed by atoms with Crippen LogP contribution in [0.2, 0.25) is 0 Å². The molecule has 76 valence electrons. The first-order valence-corrected chi connectivity index (χ1v) is 6.04. The Hall–Kier alpha value is -0.0400. The summed E-state index contributed by atoms with van der Waals surface area (Å²) in [5, 5.41) is 3.33. The maximum absolute atomic E-state index is 3.33. The third-order valence-electron chi connectivity index (χ3n) is 4.14. The molecule has 2 saturated carbocycles. The predicted octanol–water partition coefficient (Wildman–Crippen LogP) is 2.81. The van der Waals surface area contributed by atoms with Crippen molar-refractivity contribution < 1.29 is 0 Å². The van der Waals surface area contributed by atoms with Crippen LogP contribution in [0.3, 0.4) is 0 Å². The monoisotopic (exact) mass is 181 g/mol. The maximum atomic E-state index is 3.33. The minimum absolute atomic E-state index is 0.990. The molecule has 0 aliphatic heterocycles. The van der Waals surface area contributed by atoms with Crippen LogP contribution in [0.25, 0.3) is 0 Å². The molecule has 1 N–H and O–H groups in total. The smallest absolute Gasteiger partial charge is 0.00234 e. The van der Waals surface area contributed by atoms with Crippen molar-refractivity contribution in [2.75, 3.05) is 13.6 Å². The van der Waals surface area contributed by atoms with Crippen LogP contribution in [0.5, 0.6) is 0 Å². The minimum atomic E-state index is 0.990. The summed E-state index contributed by atoms with van der Waals surface area (Å²) in [6.07, 6.45) is 10.6. The van der Waals surface area contributed by atoms with Crippen LogP contribution >= 0.6 is 0 Å². The molecule has 1 heteroatoms. The summed E-state index contributed by atoms with van der Waals surface area (Å²) in [5.74, 6) is 3.20. The molecule has 0 amide bonds. The molecule has 0 spiro atoms. The second-order valence-electron chi connectivity index (χ2n) is 5.04. The number of hydrogen-bond acceptors (Lipinski definition) is 1. The summed E-state index contributed by atoms with van der Waals surface area (Å²) >= 11 is 0. The first kappa shape index (κ1) is 9.51. The molecule has 0 saturated heterocycles. The molecule has 0 aromatic heterocycles. The van der Waals surface area contributed by atoms with Gasteiger partial charge < -0.3 is 5.32 Å². The highest BCUT2D eigenvalue weighted by Gasteiger charge is 2.31. The molecule has 3 unspecified atom stereocenters. The van der Waals surface area contributed by atoms with Gasteiger partial charge in [0.25, 0.3) is 0 Å². The Morgan fingerprint density at radius 3 is 2.54 bits per heavy atom. The number of hydrogen-bond donors (Lipinski definition) is 1. The molecule has 0 bridgehead atoms. The molecule has 2 aliphatic carbocycles.